The second-order valence-corrected chi connectivity index (χ2v) is 6.14. The monoisotopic (exact) mass is 352 g/mol. The quantitative estimate of drug-likeness (QED) is 0.635. The van der Waals surface area contributed by atoms with Crippen molar-refractivity contribution >= 4 is 29.3 Å². The van der Waals surface area contributed by atoms with E-state index in [1.165, 1.54) is 0 Å². The van der Waals surface area contributed by atoms with Gasteiger partial charge in [0.2, 0.25) is 0 Å². The zero-order chi connectivity index (χ0) is 17.6. The Labute approximate surface area is 153 Å². The number of carbonyl (C=O) groups is 1. The minimum Gasteiger partial charge on any atom is -0.488 e. The first-order chi connectivity index (χ1) is 12.2. The Bertz CT molecular complexity index is 802. The summed E-state index contributed by atoms with van der Waals surface area (Å²) in [6.07, 6.45) is 2.65. The van der Waals surface area contributed by atoms with Crippen molar-refractivity contribution in [1.82, 2.24) is 10.2 Å². The summed E-state index contributed by atoms with van der Waals surface area (Å²) < 4.78 is 5.94. The number of nitrogens with zero attached hydrogens (tertiary/aromatic N) is 1. The summed E-state index contributed by atoms with van der Waals surface area (Å²) in [5, 5.41) is 3.46. The smallest absolute Gasteiger partial charge is 0.276 e. The van der Waals surface area contributed by atoms with Gasteiger partial charge in [0.05, 0.1) is 0 Å². The summed E-state index contributed by atoms with van der Waals surface area (Å²) in [7, 11) is 0. The van der Waals surface area contributed by atoms with Gasteiger partial charge in [0.15, 0.2) is 5.11 Å². The van der Waals surface area contributed by atoms with E-state index in [9.17, 15) is 4.79 Å². The molecule has 1 N–H and O–H groups in total. The van der Waals surface area contributed by atoms with Crippen LogP contribution in [0.1, 0.15) is 24.5 Å². The molecule has 0 atom stereocenters. The lowest BCUT2D eigenvalue weighted by Crippen LogP contribution is -2.31. The molecule has 1 aliphatic rings. The van der Waals surface area contributed by atoms with Crippen LogP contribution in [-0.4, -0.2) is 22.5 Å². The van der Waals surface area contributed by atoms with Crippen molar-refractivity contribution in [2.75, 3.05) is 6.54 Å². The highest BCUT2D eigenvalue weighted by atomic mass is 32.1. The van der Waals surface area contributed by atoms with Crippen molar-refractivity contribution in [2.45, 2.75) is 20.0 Å². The van der Waals surface area contributed by atoms with E-state index in [0.29, 0.717) is 24.0 Å². The molecule has 1 amide bonds. The summed E-state index contributed by atoms with van der Waals surface area (Å²) in [5.41, 5.74) is 2.42. The van der Waals surface area contributed by atoms with Crippen molar-refractivity contribution in [3.63, 3.8) is 0 Å². The van der Waals surface area contributed by atoms with Crippen molar-refractivity contribution in [3.05, 3.63) is 71.4 Å². The van der Waals surface area contributed by atoms with Gasteiger partial charge in [0.1, 0.15) is 18.1 Å². The van der Waals surface area contributed by atoms with Crippen molar-refractivity contribution in [2.24, 2.45) is 0 Å². The molecule has 1 fully saturated rings. The second-order valence-electron chi connectivity index (χ2n) is 5.76. The molecule has 0 spiro atoms. The van der Waals surface area contributed by atoms with E-state index < -0.39 is 0 Å². The molecule has 25 heavy (non-hydrogen) atoms. The molecule has 0 bridgehead atoms. The Balaban J connectivity index is 1.79. The van der Waals surface area contributed by atoms with Gasteiger partial charge in [-0.2, -0.15) is 0 Å². The van der Waals surface area contributed by atoms with E-state index in [1.54, 1.807) is 11.0 Å². The van der Waals surface area contributed by atoms with Crippen LogP contribution >= 0.6 is 12.2 Å². The van der Waals surface area contributed by atoms with Gasteiger partial charge in [-0.3, -0.25) is 9.69 Å². The molecule has 0 aromatic heterocycles. The molecule has 1 aliphatic heterocycles. The van der Waals surface area contributed by atoms with Crippen LogP contribution in [0.3, 0.4) is 0 Å². The first-order valence-corrected chi connectivity index (χ1v) is 8.70. The van der Waals surface area contributed by atoms with E-state index in [2.05, 4.69) is 5.32 Å². The fourth-order valence-corrected chi connectivity index (χ4v) is 2.90. The summed E-state index contributed by atoms with van der Waals surface area (Å²) in [5.74, 6) is 0.637. The Kier molecular flexibility index (Phi) is 5.46. The number of thiocarbonyl (C=S) groups is 1. The molecule has 3 rings (SSSR count). The summed E-state index contributed by atoms with van der Waals surface area (Å²) in [4.78, 5) is 14.1. The SMILES string of the molecule is CCCN1C(=O)/C(=C/c2ccccc2OCc2ccccc2)NC1=S. The average molecular weight is 352 g/mol. The number of rotatable bonds is 6. The third-order valence-corrected chi connectivity index (χ3v) is 4.19. The lowest BCUT2D eigenvalue weighted by molar-refractivity contribution is -0.122. The third kappa shape index (κ3) is 4.06. The lowest BCUT2D eigenvalue weighted by atomic mass is 10.1. The van der Waals surface area contributed by atoms with Crippen molar-refractivity contribution in [3.8, 4) is 5.75 Å². The topological polar surface area (TPSA) is 41.6 Å². The number of nitrogens with one attached hydrogen (secondary N) is 1. The zero-order valence-corrected chi connectivity index (χ0v) is 14.9. The number of amides is 1. The molecule has 1 heterocycles. The molecule has 4 nitrogen and oxygen atoms in total. The highest BCUT2D eigenvalue weighted by molar-refractivity contribution is 7.80. The normalized spacial score (nSPS) is 15.6. The molecule has 2 aromatic carbocycles. The van der Waals surface area contributed by atoms with Crippen LogP contribution in [0.4, 0.5) is 0 Å². The van der Waals surface area contributed by atoms with Gasteiger partial charge < -0.3 is 10.1 Å². The molecule has 5 heteroatoms. The summed E-state index contributed by atoms with van der Waals surface area (Å²) in [6.45, 7) is 3.11. The molecular weight excluding hydrogens is 332 g/mol. The maximum atomic E-state index is 12.5. The highest BCUT2D eigenvalue weighted by Crippen LogP contribution is 2.23. The molecular formula is C20H20N2O2S. The van der Waals surface area contributed by atoms with Gasteiger partial charge in [-0.25, -0.2) is 0 Å². The van der Waals surface area contributed by atoms with Crippen molar-refractivity contribution in [1.29, 1.82) is 0 Å². The fourth-order valence-electron chi connectivity index (χ4n) is 2.62. The molecule has 2 aromatic rings. The molecule has 0 radical (unpaired) electrons. The summed E-state index contributed by atoms with van der Waals surface area (Å²) >= 11 is 5.25. The van der Waals surface area contributed by atoms with Crippen LogP contribution in [0.5, 0.6) is 5.75 Å². The van der Waals surface area contributed by atoms with E-state index in [0.717, 1.165) is 23.3 Å². The van der Waals surface area contributed by atoms with Crippen LogP contribution in [0.2, 0.25) is 0 Å². The van der Waals surface area contributed by atoms with E-state index >= 15 is 0 Å². The van der Waals surface area contributed by atoms with Crippen LogP contribution in [-0.2, 0) is 11.4 Å². The predicted molar refractivity (Wildman–Crippen MR) is 103 cm³/mol. The first-order valence-electron chi connectivity index (χ1n) is 8.29. The molecule has 0 aliphatic carbocycles. The van der Waals surface area contributed by atoms with Gasteiger partial charge in [-0.1, -0.05) is 55.5 Å². The Hall–Kier alpha value is -2.66. The number of benzene rings is 2. The Morgan fingerprint density at radius 2 is 1.84 bits per heavy atom. The number of hydrogen-bond acceptors (Lipinski definition) is 3. The first kappa shape index (κ1) is 17.2. The third-order valence-electron chi connectivity index (χ3n) is 3.87. The zero-order valence-electron chi connectivity index (χ0n) is 14.1. The van der Waals surface area contributed by atoms with Crippen molar-refractivity contribution < 1.29 is 9.53 Å². The molecule has 128 valence electrons. The molecule has 1 saturated heterocycles. The highest BCUT2D eigenvalue weighted by Gasteiger charge is 2.29. The standard InChI is InChI=1S/C20H20N2O2S/c1-2-12-22-19(23)17(21-20(22)25)13-16-10-6-7-11-18(16)24-14-15-8-4-3-5-9-15/h3-11,13H,2,12,14H2,1H3,(H,21,25)/b17-13-. The number of hydrogen-bond donors (Lipinski definition) is 1. The van der Waals surface area contributed by atoms with Crippen LogP contribution in [0, 0.1) is 0 Å². The summed E-state index contributed by atoms with van der Waals surface area (Å²) in [6, 6.07) is 17.6. The van der Waals surface area contributed by atoms with Gasteiger partial charge in [-0.15, -0.1) is 0 Å². The van der Waals surface area contributed by atoms with Gasteiger partial charge in [0, 0.05) is 12.1 Å². The lowest BCUT2D eigenvalue weighted by Gasteiger charge is -2.11. The number of para-hydroxylation sites is 1. The minimum absolute atomic E-state index is 0.0929. The largest absolute Gasteiger partial charge is 0.488 e. The van der Waals surface area contributed by atoms with Crippen LogP contribution in [0.15, 0.2) is 60.3 Å². The van der Waals surface area contributed by atoms with Gasteiger partial charge in [-0.05, 0) is 36.3 Å². The van der Waals surface area contributed by atoms with E-state index in [-0.39, 0.29) is 5.91 Å². The van der Waals surface area contributed by atoms with E-state index in [1.807, 2.05) is 61.5 Å². The van der Waals surface area contributed by atoms with Crippen LogP contribution < -0.4 is 10.1 Å². The molecule has 0 saturated carbocycles. The minimum atomic E-state index is -0.0929. The van der Waals surface area contributed by atoms with Gasteiger partial charge >= 0.3 is 0 Å². The Morgan fingerprint density at radius 3 is 2.60 bits per heavy atom. The Morgan fingerprint density at radius 1 is 1.12 bits per heavy atom. The fraction of sp³-hybridized carbons (Fsp3) is 0.200. The van der Waals surface area contributed by atoms with E-state index in [4.69, 9.17) is 17.0 Å². The van der Waals surface area contributed by atoms with Crippen LogP contribution in [0.25, 0.3) is 6.08 Å². The predicted octanol–water partition coefficient (Wildman–Crippen LogP) is 3.73. The van der Waals surface area contributed by atoms with Gasteiger partial charge in [0.25, 0.3) is 5.91 Å². The maximum absolute atomic E-state index is 12.5. The maximum Gasteiger partial charge on any atom is 0.276 e. The number of carbonyl (C=O) groups excluding carboxylic acids is 1. The number of ether oxygens (including phenoxy) is 1. The average Bonchev–Trinajstić information content (AvgIpc) is 2.90. The second kappa shape index (κ2) is 7.94. The molecule has 0 unspecified atom stereocenters.